The van der Waals surface area contributed by atoms with Crippen LogP contribution >= 0.6 is 0 Å². The Morgan fingerprint density at radius 1 is 1.08 bits per heavy atom. The minimum Gasteiger partial charge on any atom is -0.368 e. The summed E-state index contributed by atoms with van der Waals surface area (Å²) in [7, 11) is -1.09. The van der Waals surface area contributed by atoms with Crippen molar-refractivity contribution in [2.45, 2.75) is 31.5 Å². The van der Waals surface area contributed by atoms with Crippen LogP contribution in [0.1, 0.15) is 11.7 Å². The second-order valence-electron chi connectivity index (χ2n) is 4.75. The molecule has 1 aliphatic heterocycles. The van der Waals surface area contributed by atoms with Crippen molar-refractivity contribution in [2.24, 2.45) is 0 Å². The van der Waals surface area contributed by atoms with Crippen molar-refractivity contribution in [3.63, 3.8) is 0 Å². The van der Waals surface area contributed by atoms with E-state index >= 15 is 0 Å². The van der Waals surface area contributed by atoms with E-state index in [9.17, 15) is 0 Å². The first kappa shape index (κ1) is 8.97. The van der Waals surface area contributed by atoms with Gasteiger partial charge in [-0.25, -0.2) is 0 Å². The maximum Gasteiger partial charge on any atom is 0.106 e. The third kappa shape index (κ3) is 1.84. The molecule has 0 saturated carbocycles. The van der Waals surface area contributed by atoms with Gasteiger partial charge < -0.3 is 4.74 Å². The molecule has 2 unspecified atom stereocenters. The molecule has 70 valence electrons. The molecule has 0 N–H and O–H groups in total. The maximum atomic E-state index is 5.73. The molecule has 2 atom stereocenters. The van der Waals surface area contributed by atoms with Gasteiger partial charge in [0.2, 0.25) is 0 Å². The predicted molar refractivity (Wildman–Crippen MR) is 57.4 cm³/mol. The summed E-state index contributed by atoms with van der Waals surface area (Å²) in [6.07, 6.45) is 0.396. The number of rotatable bonds is 2. The van der Waals surface area contributed by atoms with E-state index < -0.39 is 8.07 Å². The highest BCUT2D eigenvalue weighted by molar-refractivity contribution is 6.78. The largest absolute Gasteiger partial charge is 0.368 e. The summed E-state index contributed by atoms with van der Waals surface area (Å²) in [5, 5.41) is 0. The summed E-state index contributed by atoms with van der Waals surface area (Å²) in [5.41, 5.74) is 1.88. The van der Waals surface area contributed by atoms with Crippen LogP contribution in [0.2, 0.25) is 19.6 Å². The van der Waals surface area contributed by atoms with Crippen LogP contribution in [-0.4, -0.2) is 13.8 Å². The van der Waals surface area contributed by atoms with Crippen molar-refractivity contribution in [3.8, 4) is 0 Å². The van der Waals surface area contributed by atoms with Crippen molar-refractivity contribution in [1.29, 1.82) is 0 Å². The number of benzene rings is 1. The second-order valence-corrected chi connectivity index (χ2v) is 10.1. The minimum atomic E-state index is -1.09. The van der Waals surface area contributed by atoms with E-state index in [-0.39, 0.29) is 0 Å². The van der Waals surface area contributed by atoms with Crippen molar-refractivity contribution < 1.29 is 4.74 Å². The molecule has 2 heteroatoms. The summed E-state index contributed by atoms with van der Waals surface area (Å²) in [6, 6.07) is 10.5. The quantitative estimate of drug-likeness (QED) is 0.518. The third-order valence-electron chi connectivity index (χ3n) is 2.47. The van der Waals surface area contributed by atoms with Crippen molar-refractivity contribution in [3.05, 3.63) is 35.9 Å². The molecule has 0 bridgehead atoms. The average molecular weight is 192 g/mol. The summed E-state index contributed by atoms with van der Waals surface area (Å²) in [4.78, 5) is 0. The molecule has 2 rings (SSSR count). The van der Waals surface area contributed by atoms with E-state index in [1.165, 1.54) is 5.56 Å². The Balaban J connectivity index is 2.09. The van der Waals surface area contributed by atoms with Gasteiger partial charge in [-0.2, -0.15) is 0 Å². The molecular weight excluding hydrogens is 176 g/mol. The lowest BCUT2D eigenvalue weighted by Crippen LogP contribution is -2.29. The average Bonchev–Trinajstić information content (AvgIpc) is 2.83. The second kappa shape index (κ2) is 2.96. The van der Waals surface area contributed by atoms with Gasteiger partial charge in [0.25, 0.3) is 0 Å². The fourth-order valence-corrected chi connectivity index (χ4v) is 3.32. The Bertz CT molecular complexity index is 289. The highest BCUT2D eigenvalue weighted by Gasteiger charge is 2.48. The van der Waals surface area contributed by atoms with Gasteiger partial charge >= 0.3 is 0 Å². The highest BCUT2D eigenvalue weighted by Crippen LogP contribution is 2.43. The zero-order valence-electron chi connectivity index (χ0n) is 8.45. The van der Waals surface area contributed by atoms with Crippen LogP contribution in [0.15, 0.2) is 30.3 Å². The number of ether oxygens (including phenoxy) is 1. The van der Waals surface area contributed by atoms with Gasteiger partial charge in [-0.05, 0) is 5.56 Å². The molecule has 0 aromatic heterocycles. The third-order valence-corrected chi connectivity index (χ3v) is 4.62. The molecule has 1 fully saturated rings. The van der Waals surface area contributed by atoms with Crippen LogP contribution in [0.25, 0.3) is 0 Å². The van der Waals surface area contributed by atoms with Gasteiger partial charge in [-0.1, -0.05) is 50.0 Å². The maximum absolute atomic E-state index is 5.73. The molecule has 1 saturated heterocycles. The summed E-state index contributed by atoms with van der Waals surface area (Å²) in [5.74, 6) is 0. The highest BCUT2D eigenvalue weighted by atomic mass is 28.3. The smallest absolute Gasteiger partial charge is 0.106 e. The van der Waals surface area contributed by atoms with Crippen LogP contribution < -0.4 is 0 Å². The first-order valence-corrected chi connectivity index (χ1v) is 8.37. The molecular formula is C11H16OSi. The van der Waals surface area contributed by atoms with Gasteiger partial charge in [0.1, 0.15) is 6.10 Å². The van der Waals surface area contributed by atoms with Crippen LogP contribution in [0, 0.1) is 0 Å². The lowest BCUT2D eigenvalue weighted by Gasteiger charge is -2.11. The first-order valence-electron chi connectivity index (χ1n) is 4.79. The Labute approximate surface area is 80.7 Å². The Kier molecular flexibility index (Phi) is 2.04. The van der Waals surface area contributed by atoms with E-state index in [2.05, 4.69) is 50.0 Å². The van der Waals surface area contributed by atoms with E-state index in [4.69, 9.17) is 4.74 Å². The van der Waals surface area contributed by atoms with Crippen LogP contribution in [-0.2, 0) is 4.74 Å². The van der Waals surface area contributed by atoms with Crippen LogP contribution in [0.4, 0.5) is 0 Å². The Morgan fingerprint density at radius 2 is 1.69 bits per heavy atom. The minimum absolute atomic E-state index is 0.396. The van der Waals surface area contributed by atoms with E-state index in [1.54, 1.807) is 0 Å². The monoisotopic (exact) mass is 192 g/mol. The number of hydrogen-bond acceptors (Lipinski definition) is 1. The Morgan fingerprint density at radius 3 is 2.15 bits per heavy atom. The molecule has 1 aliphatic rings. The van der Waals surface area contributed by atoms with E-state index in [0.29, 0.717) is 11.8 Å². The zero-order valence-corrected chi connectivity index (χ0v) is 9.45. The molecule has 1 nitrogen and oxygen atoms in total. The fraction of sp³-hybridized carbons (Fsp3) is 0.455. The normalized spacial score (nSPS) is 27.3. The molecule has 0 amide bonds. The first-order chi connectivity index (χ1) is 6.09. The van der Waals surface area contributed by atoms with Gasteiger partial charge in [-0.3, -0.25) is 0 Å². The SMILES string of the molecule is C[Si](C)(C)C1OC1c1ccccc1. The molecule has 0 radical (unpaired) electrons. The molecule has 0 spiro atoms. The summed E-state index contributed by atoms with van der Waals surface area (Å²) < 4.78 is 5.73. The van der Waals surface area contributed by atoms with E-state index in [1.807, 2.05) is 0 Å². The molecule has 1 aromatic rings. The van der Waals surface area contributed by atoms with Crippen molar-refractivity contribution in [1.82, 2.24) is 0 Å². The van der Waals surface area contributed by atoms with Gasteiger partial charge in [0, 0.05) is 0 Å². The summed E-state index contributed by atoms with van der Waals surface area (Å²) >= 11 is 0. The van der Waals surface area contributed by atoms with Crippen molar-refractivity contribution >= 4 is 8.07 Å². The molecule has 1 aromatic carbocycles. The molecule has 13 heavy (non-hydrogen) atoms. The van der Waals surface area contributed by atoms with Crippen LogP contribution in [0.5, 0.6) is 0 Å². The standard InChI is InChI=1S/C11H16OSi/c1-13(2,3)11-10(12-11)9-7-5-4-6-8-9/h4-8,10-11H,1-3H3. The van der Waals surface area contributed by atoms with Gasteiger partial charge in [0.05, 0.1) is 13.8 Å². The van der Waals surface area contributed by atoms with Gasteiger partial charge in [-0.15, -0.1) is 0 Å². The zero-order chi connectivity index (χ0) is 9.47. The number of hydrogen-bond donors (Lipinski definition) is 0. The Hall–Kier alpha value is -0.603. The van der Waals surface area contributed by atoms with Crippen molar-refractivity contribution in [2.75, 3.05) is 0 Å². The molecule has 0 aliphatic carbocycles. The topological polar surface area (TPSA) is 12.5 Å². The number of epoxide rings is 1. The summed E-state index contributed by atoms with van der Waals surface area (Å²) in [6.45, 7) is 7.09. The predicted octanol–water partition coefficient (Wildman–Crippen LogP) is 3.00. The van der Waals surface area contributed by atoms with E-state index in [0.717, 1.165) is 0 Å². The fourth-order valence-electron chi connectivity index (χ4n) is 1.67. The lowest BCUT2D eigenvalue weighted by molar-refractivity contribution is 0.400. The molecule has 1 heterocycles. The van der Waals surface area contributed by atoms with Gasteiger partial charge in [0.15, 0.2) is 0 Å². The van der Waals surface area contributed by atoms with Crippen LogP contribution in [0.3, 0.4) is 0 Å². The lowest BCUT2D eigenvalue weighted by atomic mass is 10.2.